The summed E-state index contributed by atoms with van der Waals surface area (Å²) in [6, 6.07) is 10.5. The molecule has 1 atom stereocenters. The number of benzene rings is 2. The third kappa shape index (κ3) is 4.42. The largest absolute Gasteiger partial charge is 0.491 e. The van der Waals surface area contributed by atoms with E-state index in [4.69, 9.17) is 16.3 Å². The molecule has 1 aliphatic rings. The number of hydrogen-bond acceptors (Lipinski definition) is 4. The van der Waals surface area contributed by atoms with Crippen LogP contribution in [0.25, 0.3) is 0 Å². The summed E-state index contributed by atoms with van der Waals surface area (Å²) in [5.74, 6) is 0.330. The van der Waals surface area contributed by atoms with Gasteiger partial charge in [-0.25, -0.2) is 0 Å². The highest BCUT2D eigenvalue weighted by atomic mass is 79.9. The number of fused-ring (bicyclic) bond motifs is 1. The molecule has 2 aromatic carbocycles. The Labute approximate surface area is 177 Å². The van der Waals surface area contributed by atoms with Crippen LogP contribution in [0.5, 0.6) is 5.75 Å². The van der Waals surface area contributed by atoms with Crippen LogP contribution in [0.1, 0.15) is 20.3 Å². The molecule has 0 saturated carbocycles. The Morgan fingerprint density at radius 1 is 1.39 bits per heavy atom. The molecule has 0 spiro atoms. The van der Waals surface area contributed by atoms with Crippen molar-refractivity contribution in [3.8, 4) is 5.75 Å². The van der Waals surface area contributed by atoms with E-state index >= 15 is 0 Å². The van der Waals surface area contributed by atoms with Gasteiger partial charge in [0.1, 0.15) is 0 Å². The first-order valence-electron chi connectivity index (χ1n) is 8.97. The van der Waals surface area contributed by atoms with Gasteiger partial charge in [0, 0.05) is 17.5 Å². The quantitative estimate of drug-likeness (QED) is 0.671. The normalized spacial score (nSPS) is 16.1. The second kappa shape index (κ2) is 8.84. The van der Waals surface area contributed by atoms with Crippen LogP contribution < -0.4 is 20.3 Å². The lowest BCUT2D eigenvalue weighted by atomic mass is 10.1. The van der Waals surface area contributed by atoms with Gasteiger partial charge in [0.25, 0.3) is 0 Å². The van der Waals surface area contributed by atoms with Gasteiger partial charge in [-0.05, 0) is 54.0 Å². The third-order valence-corrected chi connectivity index (χ3v) is 5.16. The Morgan fingerprint density at radius 2 is 2.14 bits per heavy atom. The van der Waals surface area contributed by atoms with Crippen molar-refractivity contribution < 1.29 is 14.3 Å². The molecule has 6 nitrogen and oxygen atoms in total. The first kappa shape index (κ1) is 20.5. The van der Waals surface area contributed by atoms with Crippen LogP contribution in [0.2, 0.25) is 5.02 Å². The lowest BCUT2D eigenvalue weighted by molar-refractivity contribution is -0.118. The fourth-order valence-electron chi connectivity index (χ4n) is 3.21. The highest BCUT2D eigenvalue weighted by molar-refractivity contribution is 9.10. The lowest BCUT2D eigenvalue weighted by Crippen LogP contribution is -2.42. The zero-order chi connectivity index (χ0) is 20.3. The van der Waals surface area contributed by atoms with Gasteiger partial charge < -0.3 is 20.3 Å². The zero-order valence-electron chi connectivity index (χ0n) is 15.6. The third-order valence-electron chi connectivity index (χ3n) is 4.36. The summed E-state index contributed by atoms with van der Waals surface area (Å²) < 4.78 is 6.37. The summed E-state index contributed by atoms with van der Waals surface area (Å²) >= 11 is 9.59. The average molecular weight is 467 g/mol. The van der Waals surface area contributed by atoms with Crippen LogP contribution in [-0.2, 0) is 9.59 Å². The number of carbonyl (C=O) groups is 2. The molecule has 0 aromatic heterocycles. The van der Waals surface area contributed by atoms with Crippen molar-refractivity contribution in [2.75, 3.05) is 28.7 Å². The standard InChI is InChI=1S/C20H21BrClN3O3/c1-3-28-20-14(21)9-13(22)10-16(20)23-11-19(27)25-12(2)8-18(26)24-15-6-4-5-7-17(15)25/h4-7,9-10,12,23H,3,8,11H2,1-2H3,(H,24,26)/t12-/m1/s1. The summed E-state index contributed by atoms with van der Waals surface area (Å²) in [7, 11) is 0. The second-order valence-corrected chi connectivity index (χ2v) is 7.72. The van der Waals surface area contributed by atoms with Crippen molar-refractivity contribution in [2.45, 2.75) is 26.3 Å². The van der Waals surface area contributed by atoms with Crippen LogP contribution in [-0.4, -0.2) is 31.0 Å². The fourth-order valence-corrected chi connectivity index (χ4v) is 4.13. The van der Waals surface area contributed by atoms with Gasteiger partial charge in [-0.3, -0.25) is 9.59 Å². The van der Waals surface area contributed by atoms with Crippen molar-refractivity contribution >= 4 is 56.4 Å². The van der Waals surface area contributed by atoms with Crippen molar-refractivity contribution in [3.63, 3.8) is 0 Å². The number of nitrogens with one attached hydrogen (secondary N) is 2. The van der Waals surface area contributed by atoms with E-state index < -0.39 is 0 Å². The smallest absolute Gasteiger partial charge is 0.246 e. The van der Waals surface area contributed by atoms with Crippen molar-refractivity contribution in [2.24, 2.45) is 0 Å². The summed E-state index contributed by atoms with van der Waals surface area (Å²) in [5, 5.41) is 6.50. The summed E-state index contributed by atoms with van der Waals surface area (Å²) in [6.45, 7) is 4.25. The topological polar surface area (TPSA) is 70.7 Å². The maximum Gasteiger partial charge on any atom is 0.246 e. The van der Waals surface area contributed by atoms with Gasteiger partial charge >= 0.3 is 0 Å². The number of ether oxygens (including phenoxy) is 1. The predicted octanol–water partition coefficient (Wildman–Crippen LogP) is 4.68. The zero-order valence-corrected chi connectivity index (χ0v) is 17.9. The minimum absolute atomic E-state index is 0.0275. The van der Waals surface area contributed by atoms with Crippen LogP contribution in [0, 0.1) is 0 Å². The van der Waals surface area contributed by atoms with Crippen molar-refractivity contribution in [3.05, 3.63) is 45.9 Å². The van der Waals surface area contributed by atoms with Crippen LogP contribution >= 0.6 is 27.5 Å². The van der Waals surface area contributed by atoms with Crippen LogP contribution in [0.15, 0.2) is 40.9 Å². The minimum Gasteiger partial charge on any atom is -0.491 e. The van der Waals surface area contributed by atoms with E-state index in [0.717, 1.165) is 0 Å². The molecule has 0 fully saturated rings. The van der Waals surface area contributed by atoms with Crippen molar-refractivity contribution in [1.29, 1.82) is 0 Å². The van der Waals surface area contributed by atoms with Gasteiger partial charge in [0.2, 0.25) is 11.8 Å². The molecule has 0 bridgehead atoms. The molecule has 28 heavy (non-hydrogen) atoms. The number of rotatable bonds is 5. The summed E-state index contributed by atoms with van der Waals surface area (Å²) in [5.41, 5.74) is 1.94. The number of carbonyl (C=O) groups excluding carboxylic acids is 2. The number of halogens is 2. The first-order valence-corrected chi connectivity index (χ1v) is 10.1. The Kier molecular flexibility index (Phi) is 6.46. The maximum absolute atomic E-state index is 13.1. The number of anilines is 3. The highest BCUT2D eigenvalue weighted by Gasteiger charge is 2.29. The van der Waals surface area contributed by atoms with Gasteiger partial charge in [-0.2, -0.15) is 0 Å². The molecule has 8 heteroatoms. The van der Waals surface area contributed by atoms with Crippen LogP contribution in [0.4, 0.5) is 17.1 Å². The Hall–Kier alpha value is -2.25. The van der Waals surface area contributed by atoms with Gasteiger partial charge in [0.15, 0.2) is 5.75 Å². The molecule has 2 aromatic rings. The summed E-state index contributed by atoms with van der Waals surface area (Å²) in [6.07, 6.45) is 0.229. The Bertz CT molecular complexity index is 906. The molecule has 0 radical (unpaired) electrons. The van der Waals surface area contributed by atoms with Crippen molar-refractivity contribution in [1.82, 2.24) is 0 Å². The van der Waals surface area contributed by atoms with E-state index in [1.54, 1.807) is 23.1 Å². The van der Waals surface area contributed by atoms with E-state index in [1.165, 1.54) is 0 Å². The van der Waals surface area contributed by atoms with Gasteiger partial charge in [-0.15, -0.1) is 0 Å². The molecule has 0 aliphatic carbocycles. The first-order chi connectivity index (χ1) is 13.4. The minimum atomic E-state index is -0.268. The molecular formula is C20H21BrClN3O3. The van der Waals surface area contributed by atoms with E-state index in [2.05, 4.69) is 26.6 Å². The van der Waals surface area contributed by atoms with E-state index in [1.807, 2.05) is 32.0 Å². The number of hydrogen-bond donors (Lipinski definition) is 2. The van der Waals surface area contributed by atoms with Crippen LogP contribution in [0.3, 0.4) is 0 Å². The average Bonchev–Trinajstić information content (AvgIpc) is 2.76. The Balaban J connectivity index is 1.85. The fraction of sp³-hybridized carbons (Fsp3) is 0.300. The Morgan fingerprint density at radius 3 is 2.89 bits per heavy atom. The monoisotopic (exact) mass is 465 g/mol. The van der Waals surface area contributed by atoms with Gasteiger partial charge in [0.05, 0.1) is 34.7 Å². The molecule has 2 N–H and O–H groups in total. The second-order valence-electron chi connectivity index (χ2n) is 6.43. The molecule has 3 rings (SSSR count). The van der Waals surface area contributed by atoms with E-state index in [0.29, 0.717) is 38.9 Å². The van der Waals surface area contributed by atoms with E-state index in [9.17, 15) is 9.59 Å². The molecule has 148 valence electrons. The summed E-state index contributed by atoms with van der Waals surface area (Å²) in [4.78, 5) is 26.8. The van der Waals surface area contributed by atoms with E-state index in [-0.39, 0.29) is 30.8 Å². The molecule has 0 unspecified atom stereocenters. The SMILES string of the molecule is CCOc1c(Br)cc(Cl)cc1NCC(=O)N1c2ccccc2NC(=O)C[C@H]1C. The van der Waals surface area contributed by atoms with Gasteiger partial charge in [-0.1, -0.05) is 23.7 Å². The maximum atomic E-state index is 13.1. The number of amides is 2. The lowest BCUT2D eigenvalue weighted by Gasteiger charge is -2.28. The molecule has 2 amide bonds. The number of para-hydroxylation sites is 2. The molecular weight excluding hydrogens is 446 g/mol. The molecule has 1 aliphatic heterocycles. The molecule has 0 saturated heterocycles. The number of nitrogens with zero attached hydrogens (tertiary/aromatic N) is 1. The highest BCUT2D eigenvalue weighted by Crippen LogP contribution is 2.37. The molecule has 1 heterocycles. The predicted molar refractivity (Wildman–Crippen MR) is 115 cm³/mol.